The van der Waals surface area contributed by atoms with Crippen molar-refractivity contribution in [3.63, 3.8) is 0 Å². The lowest BCUT2D eigenvalue weighted by Gasteiger charge is -2.15. The molecule has 0 saturated carbocycles. The Hall–Kier alpha value is -1.94. The molecule has 0 aromatic heterocycles. The molecule has 10 heteroatoms. The SMILES string of the molecule is CNC(=O)CCCNC(=O)CCN1C(=O)CC(C(=O)[C@@H](N)CS)C1=O. The Morgan fingerprint density at radius 1 is 1.28 bits per heavy atom. The molecular formula is C15H24N4O5S. The van der Waals surface area contributed by atoms with Gasteiger partial charge in [0, 0.05) is 45.2 Å². The van der Waals surface area contributed by atoms with Crippen LogP contribution in [0.1, 0.15) is 25.7 Å². The van der Waals surface area contributed by atoms with Crippen LogP contribution in [0, 0.1) is 5.92 Å². The lowest BCUT2D eigenvalue weighted by molar-refractivity contribution is -0.141. The highest BCUT2D eigenvalue weighted by molar-refractivity contribution is 7.80. The zero-order valence-electron chi connectivity index (χ0n) is 14.1. The number of rotatable bonds is 10. The molecule has 25 heavy (non-hydrogen) atoms. The Balaban J connectivity index is 2.40. The first kappa shape index (κ1) is 21.1. The van der Waals surface area contributed by atoms with Crippen LogP contribution in [0.25, 0.3) is 0 Å². The molecule has 0 spiro atoms. The summed E-state index contributed by atoms with van der Waals surface area (Å²) in [6, 6.07) is -0.895. The van der Waals surface area contributed by atoms with E-state index in [2.05, 4.69) is 23.3 Å². The van der Waals surface area contributed by atoms with Gasteiger partial charge in [0.05, 0.1) is 6.04 Å². The minimum Gasteiger partial charge on any atom is -0.359 e. The van der Waals surface area contributed by atoms with Crippen molar-refractivity contribution in [2.45, 2.75) is 31.7 Å². The molecule has 1 aliphatic rings. The number of thiol groups is 1. The van der Waals surface area contributed by atoms with Gasteiger partial charge >= 0.3 is 0 Å². The number of imide groups is 1. The van der Waals surface area contributed by atoms with Crippen molar-refractivity contribution in [2.75, 3.05) is 25.9 Å². The highest BCUT2D eigenvalue weighted by Gasteiger charge is 2.43. The van der Waals surface area contributed by atoms with Gasteiger partial charge in [-0.15, -0.1) is 0 Å². The monoisotopic (exact) mass is 372 g/mol. The second-order valence-electron chi connectivity index (χ2n) is 5.71. The Morgan fingerprint density at radius 3 is 2.56 bits per heavy atom. The van der Waals surface area contributed by atoms with Crippen molar-refractivity contribution in [1.29, 1.82) is 0 Å². The summed E-state index contributed by atoms with van der Waals surface area (Å²) in [6.45, 7) is 0.241. The summed E-state index contributed by atoms with van der Waals surface area (Å²) < 4.78 is 0. The largest absolute Gasteiger partial charge is 0.359 e. The molecule has 1 aliphatic heterocycles. The second kappa shape index (κ2) is 10.1. The predicted octanol–water partition coefficient (Wildman–Crippen LogP) is -1.78. The summed E-state index contributed by atoms with van der Waals surface area (Å²) >= 11 is 3.92. The quantitative estimate of drug-likeness (QED) is 0.155. The number of carbonyl (C=O) groups is 5. The Morgan fingerprint density at radius 2 is 1.96 bits per heavy atom. The molecule has 4 N–H and O–H groups in total. The normalized spacial score (nSPS) is 18.2. The van der Waals surface area contributed by atoms with Crippen LogP contribution in [-0.4, -0.2) is 66.2 Å². The first-order valence-corrected chi connectivity index (χ1v) is 8.66. The van der Waals surface area contributed by atoms with Crippen molar-refractivity contribution >= 4 is 42.0 Å². The first-order chi connectivity index (χ1) is 11.8. The van der Waals surface area contributed by atoms with Gasteiger partial charge in [0.15, 0.2) is 5.78 Å². The third kappa shape index (κ3) is 6.13. The van der Waals surface area contributed by atoms with Gasteiger partial charge in [-0.25, -0.2) is 0 Å². The molecule has 1 fully saturated rings. The Kier molecular flexibility index (Phi) is 8.56. The van der Waals surface area contributed by atoms with E-state index in [4.69, 9.17) is 5.73 Å². The van der Waals surface area contributed by atoms with Gasteiger partial charge < -0.3 is 16.4 Å². The van der Waals surface area contributed by atoms with Crippen molar-refractivity contribution < 1.29 is 24.0 Å². The van der Waals surface area contributed by atoms with E-state index in [9.17, 15) is 24.0 Å². The van der Waals surface area contributed by atoms with E-state index in [-0.39, 0.29) is 37.0 Å². The molecule has 1 rings (SSSR count). The smallest absolute Gasteiger partial charge is 0.240 e. The van der Waals surface area contributed by atoms with Crippen LogP contribution in [0.3, 0.4) is 0 Å². The predicted molar refractivity (Wildman–Crippen MR) is 92.6 cm³/mol. The van der Waals surface area contributed by atoms with Crippen molar-refractivity contribution in [3.05, 3.63) is 0 Å². The van der Waals surface area contributed by atoms with E-state index in [1.165, 1.54) is 7.05 Å². The van der Waals surface area contributed by atoms with Crippen LogP contribution < -0.4 is 16.4 Å². The summed E-state index contributed by atoms with van der Waals surface area (Å²) in [5, 5.41) is 5.09. The molecule has 0 aromatic carbocycles. The average Bonchev–Trinajstić information content (AvgIpc) is 2.89. The molecule has 2 atom stereocenters. The summed E-state index contributed by atoms with van der Waals surface area (Å²) in [6.07, 6.45) is 0.518. The van der Waals surface area contributed by atoms with E-state index in [1.807, 2.05) is 0 Å². The Bertz CT molecular complexity index is 554. The zero-order valence-corrected chi connectivity index (χ0v) is 15.0. The molecule has 0 bridgehead atoms. The van der Waals surface area contributed by atoms with Gasteiger partial charge in [0.1, 0.15) is 5.92 Å². The highest BCUT2D eigenvalue weighted by atomic mass is 32.1. The lowest BCUT2D eigenvalue weighted by Crippen LogP contribution is -2.41. The van der Waals surface area contributed by atoms with E-state index >= 15 is 0 Å². The molecule has 0 radical (unpaired) electrons. The van der Waals surface area contributed by atoms with E-state index < -0.39 is 29.6 Å². The van der Waals surface area contributed by atoms with Crippen LogP contribution in [0.5, 0.6) is 0 Å². The lowest BCUT2D eigenvalue weighted by atomic mass is 9.98. The second-order valence-corrected chi connectivity index (χ2v) is 6.07. The van der Waals surface area contributed by atoms with Crippen LogP contribution in [-0.2, 0) is 24.0 Å². The molecule has 4 amide bonds. The molecular weight excluding hydrogens is 348 g/mol. The van der Waals surface area contributed by atoms with Crippen LogP contribution >= 0.6 is 12.6 Å². The van der Waals surface area contributed by atoms with Crippen molar-refractivity contribution in [1.82, 2.24) is 15.5 Å². The fourth-order valence-corrected chi connectivity index (χ4v) is 2.57. The van der Waals surface area contributed by atoms with Crippen molar-refractivity contribution in [2.24, 2.45) is 11.7 Å². The third-order valence-electron chi connectivity index (χ3n) is 3.89. The maximum Gasteiger partial charge on any atom is 0.240 e. The van der Waals surface area contributed by atoms with Gasteiger partial charge in [-0.1, -0.05) is 0 Å². The molecule has 1 saturated heterocycles. The molecule has 9 nitrogen and oxygen atoms in total. The number of hydrogen-bond acceptors (Lipinski definition) is 7. The number of likely N-dealkylation sites (tertiary alicyclic amines) is 1. The third-order valence-corrected chi connectivity index (χ3v) is 4.29. The summed E-state index contributed by atoms with van der Waals surface area (Å²) in [5.41, 5.74) is 5.57. The summed E-state index contributed by atoms with van der Waals surface area (Å²) in [7, 11) is 1.53. The summed E-state index contributed by atoms with van der Waals surface area (Å²) in [4.78, 5) is 59.8. The van der Waals surface area contributed by atoms with Crippen LogP contribution in [0.2, 0.25) is 0 Å². The Labute approximate surface area is 151 Å². The number of nitrogens with one attached hydrogen (secondary N) is 2. The van der Waals surface area contributed by atoms with Gasteiger partial charge in [-0.3, -0.25) is 28.9 Å². The minimum absolute atomic E-state index is 0.0585. The zero-order chi connectivity index (χ0) is 19.0. The van der Waals surface area contributed by atoms with Gasteiger partial charge in [-0.2, -0.15) is 12.6 Å². The number of nitrogens with two attached hydrogens (primary N) is 1. The van der Waals surface area contributed by atoms with Gasteiger partial charge in [0.2, 0.25) is 23.6 Å². The number of nitrogens with zero attached hydrogens (tertiary/aromatic N) is 1. The van der Waals surface area contributed by atoms with Gasteiger partial charge in [-0.05, 0) is 6.42 Å². The van der Waals surface area contributed by atoms with E-state index in [0.717, 1.165) is 4.90 Å². The fraction of sp³-hybridized carbons (Fsp3) is 0.667. The van der Waals surface area contributed by atoms with E-state index in [0.29, 0.717) is 19.4 Å². The highest BCUT2D eigenvalue weighted by Crippen LogP contribution is 2.21. The van der Waals surface area contributed by atoms with E-state index in [1.54, 1.807) is 0 Å². The number of carbonyl (C=O) groups excluding carboxylic acids is 5. The number of ketones is 1. The maximum absolute atomic E-state index is 12.2. The van der Waals surface area contributed by atoms with Gasteiger partial charge in [0.25, 0.3) is 0 Å². The molecule has 1 unspecified atom stereocenters. The number of Topliss-reactive ketones (excluding diaryl/α,β-unsaturated/α-hetero) is 1. The molecule has 0 aromatic rings. The average molecular weight is 372 g/mol. The summed E-state index contributed by atoms with van der Waals surface area (Å²) in [5.74, 6) is -3.03. The molecule has 140 valence electrons. The topological polar surface area (TPSA) is 139 Å². The number of hydrogen-bond donors (Lipinski definition) is 4. The first-order valence-electron chi connectivity index (χ1n) is 8.03. The maximum atomic E-state index is 12.2. The molecule has 0 aliphatic carbocycles. The minimum atomic E-state index is -1.08. The van der Waals surface area contributed by atoms with Crippen molar-refractivity contribution in [3.8, 4) is 0 Å². The van der Waals surface area contributed by atoms with Crippen LogP contribution in [0.15, 0.2) is 0 Å². The standard InChI is InChI=1S/C15H24N4O5S/c1-17-11(20)3-2-5-18-12(21)4-6-19-13(22)7-9(15(19)24)14(23)10(16)8-25/h9-10,25H,2-8,16H2,1H3,(H,17,20)(H,18,21)/t9?,10-/m0/s1. The molecule has 1 heterocycles. The number of amides is 4. The van der Waals surface area contributed by atoms with Crippen LogP contribution in [0.4, 0.5) is 0 Å². The fourth-order valence-electron chi connectivity index (χ4n) is 2.39.